The van der Waals surface area contributed by atoms with E-state index >= 15 is 0 Å². The number of rotatable bonds is 2. The number of aliphatic hydroxyl groups excluding tert-OH is 1. The third-order valence-corrected chi connectivity index (χ3v) is 4.15. The van der Waals surface area contributed by atoms with Crippen molar-refractivity contribution in [2.75, 3.05) is 11.9 Å². The van der Waals surface area contributed by atoms with Gasteiger partial charge in [0.2, 0.25) is 5.89 Å². The average molecular weight is 338 g/mol. The number of nitrogens with one attached hydrogen (secondary N) is 1. The monoisotopic (exact) mass is 337 g/mol. The molecule has 2 aromatic rings. The first-order chi connectivity index (χ1) is 11.0. The van der Waals surface area contributed by atoms with E-state index < -0.39 is 18.2 Å². The number of carbonyl (C=O) groups is 1. The Morgan fingerprint density at radius 1 is 1.52 bits per heavy atom. The number of β-amino-alcohol motifs (C(OH)–C–C–N with tert-alkyl or cyclic N) is 1. The molecule has 0 radical (unpaired) electrons. The molecule has 23 heavy (non-hydrogen) atoms. The van der Waals surface area contributed by atoms with Gasteiger partial charge in [0, 0.05) is 19.2 Å². The predicted molar refractivity (Wildman–Crippen MR) is 82.1 cm³/mol. The number of aliphatic hydroxyl groups is 1. The van der Waals surface area contributed by atoms with Crippen molar-refractivity contribution in [1.29, 1.82) is 0 Å². The first kappa shape index (κ1) is 15.7. The largest absolute Gasteiger partial charge is 0.391 e. The summed E-state index contributed by atoms with van der Waals surface area (Å²) in [6.45, 7) is 3.63. The first-order valence-corrected chi connectivity index (χ1v) is 7.50. The molecule has 0 saturated carbocycles. The lowest BCUT2D eigenvalue weighted by Gasteiger charge is -2.22. The van der Waals surface area contributed by atoms with Crippen LogP contribution in [0.5, 0.6) is 0 Å². The Hall–Kier alpha value is -2.19. The molecule has 1 aliphatic heterocycles. The summed E-state index contributed by atoms with van der Waals surface area (Å²) in [4.78, 5) is 22.2. The van der Waals surface area contributed by atoms with Gasteiger partial charge in [0.05, 0.1) is 22.5 Å². The zero-order valence-electron chi connectivity index (χ0n) is 12.7. The van der Waals surface area contributed by atoms with Crippen molar-refractivity contribution in [2.45, 2.75) is 32.4 Å². The van der Waals surface area contributed by atoms with Crippen molar-refractivity contribution in [3.05, 3.63) is 34.7 Å². The van der Waals surface area contributed by atoms with Gasteiger partial charge in [-0.05, 0) is 19.9 Å². The Morgan fingerprint density at radius 3 is 3.00 bits per heavy atom. The van der Waals surface area contributed by atoms with Crippen LogP contribution in [0.15, 0.2) is 16.8 Å². The van der Waals surface area contributed by atoms with Crippen LogP contribution in [0.1, 0.15) is 29.9 Å². The van der Waals surface area contributed by atoms with Crippen LogP contribution >= 0.6 is 11.6 Å². The van der Waals surface area contributed by atoms with Gasteiger partial charge in [0.1, 0.15) is 6.04 Å². The van der Waals surface area contributed by atoms with Gasteiger partial charge in [-0.2, -0.15) is 4.98 Å². The highest BCUT2D eigenvalue weighted by Crippen LogP contribution is 2.32. The molecule has 3 rings (SSSR count). The molecule has 1 fully saturated rings. The number of amides is 2. The maximum atomic E-state index is 12.5. The highest BCUT2D eigenvalue weighted by atomic mass is 35.5. The number of nitrogens with zero attached hydrogens (tertiary/aromatic N) is 4. The molecule has 0 spiro atoms. The summed E-state index contributed by atoms with van der Waals surface area (Å²) in [5.41, 5.74) is 1.08. The van der Waals surface area contributed by atoms with Crippen LogP contribution in [0.3, 0.4) is 0 Å². The second-order valence-electron chi connectivity index (χ2n) is 5.43. The third kappa shape index (κ3) is 3.13. The molecule has 0 unspecified atom stereocenters. The molecular weight excluding hydrogens is 322 g/mol. The molecule has 0 aliphatic carbocycles. The van der Waals surface area contributed by atoms with Crippen LogP contribution in [-0.4, -0.2) is 43.8 Å². The Labute approximate surface area is 137 Å². The summed E-state index contributed by atoms with van der Waals surface area (Å²) in [7, 11) is 0. The molecule has 3 heterocycles. The topological polar surface area (TPSA) is 104 Å². The molecule has 2 N–H and O–H groups in total. The normalized spacial score (nSPS) is 20.8. The van der Waals surface area contributed by atoms with Crippen molar-refractivity contribution < 1.29 is 14.4 Å². The van der Waals surface area contributed by atoms with Gasteiger partial charge in [-0.1, -0.05) is 16.8 Å². The Kier molecular flexibility index (Phi) is 4.18. The zero-order valence-corrected chi connectivity index (χ0v) is 13.4. The van der Waals surface area contributed by atoms with Gasteiger partial charge in [0.15, 0.2) is 5.82 Å². The quantitative estimate of drug-likeness (QED) is 0.869. The smallest absolute Gasteiger partial charge is 0.322 e. The van der Waals surface area contributed by atoms with E-state index in [2.05, 4.69) is 20.4 Å². The van der Waals surface area contributed by atoms with E-state index in [0.717, 1.165) is 0 Å². The molecule has 8 nitrogen and oxygen atoms in total. The first-order valence-electron chi connectivity index (χ1n) is 7.12. The van der Waals surface area contributed by atoms with Gasteiger partial charge in [0.25, 0.3) is 0 Å². The number of aromatic nitrogens is 3. The Bertz CT molecular complexity index is 735. The van der Waals surface area contributed by atoms with E-state index in [4.69, 9.17) is 16.1 Å². The van der Waals surface area contributed by atoms with Crippen LogP contribution in [0.4, 0.5) is 10.5 Å². The van der Waals surface area contributed by atoms with Crippen molar-refractivity contribution in [1.82, 2.24) is 20.0 Å². The van der Waals surface area contributed by atoms with Crippen molar-refractivity contribution in [3.63, 3.8) is 0 Å². The number of hydrogen-bond donors (Lipinski definition) is 2. The lowest BCUT2D eigenvalue weighted by Crippen LogP contribution is -2.35. The number of carbonyl (C=O) groups excluding carboxylic acids is 1. The molecule has 1 saturated heterocycles. The van der Waals surface area contributed by atoms with Crippen LogP contribution < -0.4 is 5.32 Å². The molecule has 0 aromatic carbocycles. The molecule has 2 amide bonds. The molecule has 1 aliphatic rings. The summed E-state index contributed by atoms with van der Waals surface area (Å²) in [6.07, 6.45) is 1.26. The number of aryl methyl sites for hydroxylation is 2. The van der Waals surface area contributed by atoms with E-state index in [1.54, 1.807) is 26.1 Å². The summed E-state index contributed by atoms with van der Waals surface area (Å²) in [5, 5.41) is 16.8. The summed E-state index contributed by atoms with van der Waals surface area (Å²) in [5.74, 6) is 0.792. The van der Waals surface area contributed by atoms with Crippen LogP contribution in [0.2, 0.25) is 5.02 Å². The number of pyridine rings is 1. The predicted octanol–water partition coefficient (Wildman–Crippen LogP) is 2.07. The van der Waals surface area contributed by atoms with E-state index in [1.165, 1.54) is 4.90 Å². The maximum absolute atomic E-state index is 12.5. The number of halogens is 1. The second kappa shape index (κ2) is 6.13. The van der Waals surface area contributed by atoms with E-state index in [-0.39, 0.29) is 6.54 Å². The van der Waals surface area contributed by atoms with Crippen molar-refractivity contribution in [2.24, 2.45) is 0 Å². The van der Waals surface area contributed by atoms with Gasteiger partial charge in [-0.15, -0.1) is 0 Å². The molecular formula is C14H16ClN5O3. The summed E-state index contributed by atoms with van der Waals surface area (Å²) < 4.78 is 5.14. The zero-order chi connectivity index (χ0) is 16.6. The third-order valence-electron chi connectivity index (χ3n) is 3.67. The lowest BCUT2D eigenvalue weighted by atomic mass is 10.2. The van der Waals surface area contributed by atoms with Crippen LogP contribution in [0.25, 0.3) is 0 Å². The fraction of sp³-hybridized carbons (Fsp3) is 0.429. The van der Waals surface area contributed by atoms with E-state index in [9.17, 15) is 9.90 Å². The van der Waals surface area contributed by atoms with Gasteiger partial charge in [-0.3, -0.25) is 4.98 Å². The fourth-order valence-corrected chi connectivity index (χ4v) is 2.71. The fourth-order valence-electron chi connectivity index (χ4n) is 2.55. The molecule has 2 atom stereocenters. The molecule has 2 aromatic heterocycles. The number of urea groups is 1. The SMILES string of the molecule is Cc1noc([C@H]2C[C@H](O)CN2C(=O)Nc2ccnc(C)c2Cl)n1. The number of anilines is 1. The molecule has 122 valence electrons. The minimum atomic E-state index is -0.646. The standard InChI is InChI=1S/C14H16ClN5O3/c1-7-12(15)10(3-4-16-7)18-14(22)20-6-9(21)5-11(20)13-17-8(2)19-23-13/h3-4,9,11,21H,5-6H2,1-2H3,(H,16,18,22)/t9-,11+/m0/s1. The minimum Gasteiger partial charge on any atom is -0.391 e. The van der Waals surface area contributed by atoms with Gasteiger partial charge < -0.3 is 19.8 Å². The minimum absolute atomic E-state index is 0.180. The summed E-state index contributed by atoms with van der Waals surface area (Å²) >= 11 is 6.14. The van der Waals surface area contributed by atoms with E-state index in [1.807, 2.05) is 0 Å². The number of likely N-dealkylation sites (tertiary alicyclic amines) is 1. The highest BCUT2D eigenvalue weighted by molar-refractivity contribution is 6.34. The molecule has 0 bridgehead atoms. The Morgan fingerprint density at radius 2 is 2.30 bits per heavy atom. The maximum Gasteiger partial charge on any atom is 0.322 e. The lowest BCUT2D eigenvalue weighted by molar-refractivity contribution is 0.174. The van der Waals surface area contributed by atoms with Crippen LogP contribution in [0, 0.1) is 13.8 Å². The van der Waals surface area contributed by atoms with Crippen LogP contribution in [-0.2, 0) is 0 Å². The number of hydrogen-bond acceptors (Lipinski definition) is 6. The van der Waals surface area contributed by atoms with Crippen molar-refractivity contribution >= 4 is 23.3 Å². The van der Waals surface area contributed by atoms with E-state index in [0.29, 0.717) is 34.5 Å². The highest BCUT2D eigenvalue weighted by Gasteiger charge is 2.38. The average Bonchev–Trinajstić information content (AvgIpc) is 3.09. The molecule has 9 heteroatoms. The van der Waals surface area contributed by atoms with Gasteiger partial charge in [-0.25, -0.2) is 4.79 Å². The summed E-state index contributed by atoms with van der Waals surface area (Å²) in [6, 6.07) is 0.758. The van der Waals surface area contributed by atoms with Gasteiger partial charge >= 0.3 is 6.03 Å². The Balaban J connectivity index is 1.81. The second-order valence-corrected chi connectivity index (χ2v) is 5.80. The van der Waals surface area contributed by atoms with Crippen molar-refractivity contribution in [3.8, 4) is 0 Å².